The largest absolute Gasteiger partial charge is 0.384 e. The van der Waals surface area contributed by atoms with Crippen LogP contribution in [-0.2, 0) is 0 Å². The van der Waals surface area contributed by atoms with E-state index in [-0.39, 0.29) is 17.5 Å². The van der Waals surface area contributed by atoms with Gasteiger partial charge in [0.05, 0.1) is 6.54 Å². The first kappa shape index (κ1) is 15.0. The Balaban J connectivity index is 2.20. The SMILES string of the molecule is Nc1cc(NCC(F)(F)C(F)F)nc(-c2ccccc2)n1. The second-order valence-corrected chi connectivity index (χ2v) is 4.28. The first-order chi connectivity index (χ1) is 9.88. The van der Waals surface area contributed by atoms with E-state index < -0.39 is 18.9 Å². The number of hydrogen-bond donors (Lipinski definition) is 2. The number of nitrogens with one attached hydrogen (secondary N) is 1. The summed E-state index contributed by atoms with van der Waals surface area (Å²) < 4.78 is 49.9. The molecule has 2 aromatic rings. The first-order valence-electron chi connectivity index (χ1n) is 5.98. The summed E-state index contributed by atoms with van der Waals surface area (Å²) >= 11 is 0. The van der Waals surface area contributed by atoms with Crippen molar-refractivity contribution in [1.82, 2.24) is 9.97 Å². The van der Waals surface area contributed by atoms with Crippen molar-refractivity contribution in [3.63, 3.8) is 0 Å². The number of halogens is 4. The average molecular weight is 300 g/mol. The van der Waals surface area contributed by atoms with Gasteiger partial charge in [0.15, 0.2) is 5.82 Å². The van der Waals surface area contributed by atoms with Crippen LogP contribution in [-0.4, -0.2) is 28.9 Å². The van der Waals surface area contributed by atoms with Gasteiger partial charge in [0.25, 0.3) is 0 Å². The molecule has 0 bridgehead atoms. The van der Waals surface area contributed by atoms with Gasteiger partial charge in [0.2, 0.25) is 0 Å². The Hall–Kier alpha value is -2.38. The zero-order valence-corrected chi connectivity index (χ0v) is 10.7. The number of benzene rings is 1. The van der Waals surface area contributed by atoms with E-state index in [1.807, 2.05) is 0 Å². The number of hydrogen-bond acceptors (Lipinski definition) is 4. The summed E-state index contributed by atoms with van der Waals surface area (Å²) in [5.74, 6) is -3.92. The minimum atomic E-state index is -4.15. The lowest BCUT2D eigenvalue weighted by atomic mass is 10.2. The van der Waals surface area contributed by atoms with Crippen molar-refractivity contribution in [3.05, 3.63) is 36.4 Å². The molecule has 0 amide bonds. The van der Waals surface area contributed by atoms with Crippen molar-refractivity contribution >= 4 is 11.6 Å². The summed E-state index contributed by atoms with van der Waals surface area (Å²) in [5, 5.41) is 2.16. The fourth-order valence-electron chi connectivity index (χ4n) is 1.56. The maximum atomic E-state index is 12.9. The number of nitrogens with two attached hydrogens (primary N) is 1. The molecule has 0 aliphatic heterocycles. The molecule has 0 radical (unpaired) electrons. The Bertz CT molecular complexity index is 604. The highest BCUT2D eigenvalue weighted by molar-refractivity contribution is 5.60. The average Bonchev–Trinajstić information content (AvgIpc) is 2.45. The number of nitrogens with zero attached hydrogens (tertiary/aromatic N) is 2. The second kappa shape index (κ2) is 5.94. The molecule has 0 aliphatic rings. The quantitative estimate of drug-likeness (QED) is 0.833. The predicted octanol–water partition coefficient (Wildman–Crippen LogP) is 3.04. The molecule has 112 valence electrons. The van der Waals surface area contributed by atoms with Crippen molar-refractivity contribution in [1.29, 1.82) is 0 Å². The molecule has 1 heterocycles. The molecule has 0 saturated heterocycles. The van der Waals surface area contributed by atoms with E-state index in [4.69, 9.17) is 5.73 Å². The van der Waals surface area contributed by atoms with Crippen molar-refractivity contribution in [2.24, 2.45) is 0 Å². The molecule has 0 aliphatic carbocycles. The maximum Gasteiger partial charge on any atom is 0.324 e. The Labute approximate surface area is 118 Å². The van der Waals surface area contributed by atoms with Crippen LogP contribution in [0.2, 0.25) is 0 Å². The van der Waals surface area contributed by atoms with Gasteiger partial charge < -0.3 is 11.1 Å². The molecule has 0 saturated carbocycles. The maximum absolute atomic E-state index is 12.9. The molecule has 21 heavy (non-hydrogen) atoms. The molecule has 8 heteroatoms. The van der Waals surface area contributed by atoms with Gasteiger partial charge in [-0.3, -0.25) is 0 Å². The van der Waals surface area contributed by atoms with Crippen LogP contribution in [0.4, 0.5) is 29.2 Å². The van der Waals surface area contributed by atoms with E-state index >= 15 is 0 Å². The third-order valence-corrected chi connectivity index (χ3v) is 2.60. The van der Waals surface area contributed by atoms with Gasteiger partial charge in [0, 0.05) is 11.6 Å². The summed E-state index contributed by atoms with van der Waals surface area (Å²) in [6.07, 6.45) is -3.75. The molecular formula is C13H12F4N4. The normalized spacial score (nSPS) is 11.7. The van der Waals surface area contributed by atoms with Crippen molar-refractivity contribution in [2.75, 3.05) is 17.6 Å². The Kier molecular flexibility index (Phi) is 4.25. The van der Waals surface area contributed by atoms with Crippen LogP contribution in [0.25, 0.3) is 11.4 Å². The Morgan fingerprint density at radius 3 is 2.43 bits per heavy atom. The lowest BCUT2D eigenvalue weighted by Crippen LogP contribution is -2.35. The van der Waals surface area contributed by atoms with Crippen LogP contribution in [0.15, 0.2) is 36.4 Å². The van der Waals surface area contributed by atoms with Gasteiger partial charge in [-0.15, -0.1) is 0 Å². The molecular weight excluding hydrogens is 288 g/mol. The molecule has 1 aromatic heterocycles. The predicted molar refractivity (Wildman–Crippen MR) is 71.3 cm³/mol. The summed E-state index contributed by atoms with van der Waals surface area (Å²) in [7, 11) is 0. The topological polar surface area (TPSA) is 63.8 Å². The highest BCUT2D eigenvalue weighted by Crippen LogP contribution is 2.24. The highest BCUT2D eigenvalue weighted by Gasteiger charge is 2.40. The van der Waals surface area contributed by atoms with E-state index in [0.717, 1.165) is 0 Å². The minimum absolute atomic E-state index is 0.0401. The number of alkyl halides is 4. The van der Waals surface area contributed by atoms with E-state index in [1.165, 1.54) is 6.07 Å². The number of rotatable bonds is 5. The van der Waals surface area contributed by atoms with Crippen molar-refractivity contribution < 1.29 is 17.6 Å². The smallest absolute Gasteiger partial charge is 0.324 e. The summed E-state index contributed by atoms with van der Waals surface area (Å²) in [4.78, 5) is 7.96. The third-order valence-electron chi connectivity index (χ3n) is 2.60. The van der Waals surface area contributed by atoms with Crippen LogP contribution in [0, 0.1) is 0 Å². The number of aromatic nitrogens is 2. The number of anilines is 2. The van der Waals surface area contributed by atoms with Crippen LogP contribution < -0.4 is 11.1 Å². The van der Waals surface area contributed by atoms with Gasteiger partial charge in [-0.2, -0.15) is 8.78 Å². The van der Waals surface area contributed by atoms with Crippen molar-refractivity contribution in [3.8, 4) is 11.4 Å². The van der Waals surface area contributed by atoms with Gasteiger partial charge in [-0.1, -0.05) is 30.3 Å². The van der Waals surface area contributed by atoms with E-state index in [2.05, 4.69) is 15.3 Å². The van der Waals surface area contributed by atoms with Crippen LogP contribution in [0.5, 0.6) is 0 Å². The van der Waals surface area contributed by atoms with Gasteiger partial charge in [-0.05, 0) is 0 Å². The summed E-state index contributed by atoms with van der Waals surface area (Å²) in [6, 6.07) is 9.92. The standard InChI is InChI=1S/C13H12F4N4/c14-12(15)13(16,17)7-19-10-6-9(18)20-11(21-10)8-4-2-1-3-5-8/h1-6,12H,7H2,(H3,18,19,20,21). The van der Waals surface area contributed by atoms with E-state index in [1.54, 1.807) is 30.3 Å². The van der Waals surface area contributed by atoms with Gasteiger partial charge in [0.1, 0.15) is 11.6 Å². The zero-order chi connectivity index (χ0) is 15.5. The molecule has 2 rings (SSSR count). The molecule has 3 N–H and O–H groups in total. The van der Waals surface area contributed by atoms with Gasteiger partial charge >= 0.3 is 12.3 Å². The number of nitrogen functional groups attached to an aromatic ring is 1. The zero-order valence-electron chi connectivity index (χ0n) is 10.7. The van der Waals surface area contributed by atoms with Gasteiger partial charge in [-0.25, -0.2) is 18.7 Å². The third kappa shape index (κ3) is 3.80. The molecule has 4 nitrogen and oxygen atoms in total. The van der Waals surface area contributed by atoms with Crippen LogP contribution in [0.3, 0.4) is 0 Å². The summed E-state index contributed by atoms with van der Waals surface area (Å²) in [6.45, 7) is -1.24. The molecule has 0 spiro atoms. The van der Waals surface area contributed by atoms with Crippen molar-refractivity contribution in [2.45, 2.75) is 12.3 Å². The minimum Gasteiger partial charge on any atom is -0.384 e. The van der Waals surface area contributed by atoms with E-state index in [0.29, 0.717) is 5.56 Å². The summed E-state index contributed by atoms with van der Waals surface area (Å²) in [5.41, 5.74) is 6.20. The molecule has 0 unspecified atom stereocenters. The van der Waals surface area contributed by atoms with Crippen LogP contribution in [0.1, 0.15) is 0 Å². The van der Waals surface area contributed by atoms with E-state index in [9.17, 15) is 17.6 Å². The lowest BCUT2D eigenvalue weighted by molar-refractivity contribution is -0.117. The fraction of sp³-hybridized carbons (Fsp3) is 0.231. The fourth-order valence-corrected chi connectivity index (χ4v) is 1.56. The Morgan fingerprint density at radius 2 is 1.81 bits per heavy atom. The molecule has 1 aromatic carbocycles. The monoisotopic (exact) mass is 300 g/mol. The molecule has 0 fully saturated rings. The van der Waals surface area contributed by atoms with Crippen LogP contribution >= 0.6 is 0 Å². The first-order valence-corrected chi connectivity index (χ1v) is 5.98. The highest BCUT2D eigenvalue weighted by atomic mass is 19.3. The second-order valence-electron chi connectivity index (χ2n) is 4.28. The Morgan fingerprint density at radius 1 is 1.14 bits per heavy atom. The lowest BCUT2D eigenvalue weighted by Gasteiger charge is -2.16. The molecule has 0 atom stereocenters.